The standard InChI is InChI=1S/C18H17N3O2/c1-11-8-13(21(22)23)9-16-14-5-2-6-15(14)18(20-17(11)16)12-4-3-7-19-10-12/h2-5,7-10,14-15,18,20H,6H2,1H3/t14-,15+,18+/m0/s1. The lowest BCUT2D eigenvalue weighted by atomic mass is 9.76. The Labute approximate surface area is 134 Å². The van der Waals surface area contributed by atoms with E-state index in [4.69, 9.17) is 0 Å². The number of benzene rings is 1. The maximum absolute atomic E-state index is 11.2. The quantitative estimate of drug-likeness (QED) is 0.514. The molecule has 4 rings (SSSR count). The third-order valence-corrected chi connectivity index (χ3v) is 4.91. The van der Waals surface area contributed by atoms with Crippen molar-refractivity contribution in [3.8, 4) is 0 Å². The average molecular weight is 307 g/mol. The Balaban J connectivity index is 1.84. The van der Waals surface area contributed by atoms with Crippen LogP contribution in [0.15, 0.2) is 48.8 Å². The molecule has 0 spiro atoms. The number of aromatic nitrogens is 1. The molecule has 3 atom stereocenters. The molecule has 5 heteroatoms. The largest absolute Gasteiger partial charge is 0.377 e. The third-order valence-electron chi connectivity index (χ3n) is 4.91. The number of allylic oxidation sites excluding steroid dienone is 2. The van der Waals surface area contributed by atoms with Crippen LogP contribution in [0.3, 0.4) is 0 Å². The summed E-state index contributed by atoms with van der Waals surface area (Å²) in [4.78, 5) is 15.1. The van der Waals surface area contributed by atoms with Crippen molar-refractivity contribution in [3.63, 3.8) is 0 Å². The summed E-state index contributed by atoms with van der Waals surface area (Å²) in [7, 11) is 0. The van der Waals surface area contributed by atoms with Crippen molar-refractivity contribution in [1.82, 2.24) is 4.98 Å². The molecule has 1 aliphatic carbocycles. The van der Waals surface area contributed by atoms with Crippen LogP contribution < -0.4 is 5.32 Å². The van der Waals surface area contributed by atoms with Crippen molar-refractivity contribution in [2.24, 2.45) is 5.92 Å². The summed E-state index contributed by atoms with van der Waals surface area (Å²) in [6.45, 7) is 1.93. The highest BCUT2D eigenvalue weighted by molar-refractivity contribution is 5.67. The number of hydrogen-bond acceptors (Lipinski definition) is 4. The van der Waals surface area contributed by atoms with Crippen LogP contribution in [0.2, 0.25) is 0 Å². The van der Waals surface area contributed by atoms with Crippen molar-refractivity contribution in [3.05, 3.63) is 75.6 Å². The van der Waals surface area contributed by atoms with Gasteiger partial charge in [-0.05, 0) is 42.0 Å². The second-order valence-electron chi connectivity index (χ2n) is 6.25. The molecule has 1 N–H and O–H groups in total. The van der Waals surface area contributed by atoms with E-state index in [-0.39, 0.29) is 22.6 Å². The van der Waals surface area contributed by atoms with Gasteiger partial charge in [0.05, 0.1) is 11.0 Å². The third kappa shape index (κ3) is 2.20. The fraction of sp³-hybridized carbons (Fsp3) is 0.278. The van der Waals surface area contributed by atoms with E-state index < -0.39 is 0 Å². The zero-order chi connectivity index (χ0) is 16.0. The van der Waals surface area contributed by atoms with Gasteiger partial charge >= 0.3 is 0 Å². The summed E-state index contributed by atoms with van der Waals surface area (Å²) in [5.41, 5.74) is 4.31. The molecule has 1 aliphatic heterocycles. The van der Waals surface area contributed by atoms with Gasteiger partial charge in [0, 0.05) is 36.1 Å². The van der Waals surface area contributed by atoms with E-state index in [0.29, 0.717) is 5.92 Å². The minimum Gasteiger partial charge on any atom is -0.377 e. The van der Waals surface area contributed by atoms with Gasteiger partial charge in [0.1, 0.15) is 0 Å². The molecule has 116 valence electrons. The van der Waals surface area contributed by atoms with Crippen LogP contribution in [0.1, 0.15) is 35.1 Å². The van der Waals surface area contributed by atoms with Crippen molar-refractivity contribution < 1.29 is 4.92 Å². The lowest BCUT2D eigenvalue weighted by Gasteiger charge is -2.38. The molecule has 2 heterocycles. The van der Waals surface area contributed by atoms with Gasteiger partial charge in [-0.25, -0.2) is 0 Å². The average Bonchev–Trinajstić information content (AvgIpc) is 3.04. The molecule has 1 aromatic heterocycles. The first-order valence-electron chi connectivity index (χ1n) is 7.77. The second kappa shape index (κ2) is 5.19. The fourth-order valence-electron chi connectivity index (χ4n) is 3.86. The zero-order valence-corrected chi connectivity index (χ0v) is 12.8. The summed E-state index contributed by atoms with van der Waals surface area (Å²) < 4.78 is 0. The van der Waals surface area contributed by atoms with Crippen LogP contribution in [-0.2, 0) is 0 Å². The molecular formula is C18H17N3O2. The minimum absolute atomic E-state index is 0.168. The van der Waals surface area contributed by atoms with E-state index in [1.165, 1.54) is 0 Å². The van der Waals surface area contributed by atoms with Crippen molar-refractivity contribution >= 4 is 11.4 Å². The van der Waals surface area contributed by atoms with E-state index in [9.17, 15) is 10.1 Å². The number of hydrogen-bond donors (Lipinski definition) is 1. The van der Waals surface area contributed by atoms with E-state index >= 15 is 0 Å². The number of fused-ring (bicyclic) bond motifs is 3. The molecule has 2 aliphatic rings. The van der Waals surface area contributed by atoms with Crippen LogP contribution in [0.25, 0.3) is 0 Å². The van der Waals surface area contributed by atoms with Crippen LogP contribution in [-0.4, -0.2) is 9.91 Å². The normalized spacial score (nSPS) is 24.7. The molecule has 0 amide bonds. The fourth-order valence-corrected chi connectivity index (χ4v) is 3.86. The number of aryl methyl sites for hydroxylation is 1. The van der Waals surface area contributed by atoms with E-state index in [0.717, 1.165) is 28.8 Å². The highest BCUT2D eigenvalue weighted by atomic mass is 16.6. The zero-order valence-electron chi connectivity index (χ0n) is 12.8. The van der Waals surface area contributed by atoms with Crippen LogP contribution >= 0.6 is 0 Å². The Hall–Kier alpha value is -2.69. The number of anilines is 1. The molecule has 23 heavy (non-hydrogen) atoms. The van der Waals surface area contributed by atoms with E-state index in [1.54, 1.807) is 18.3 Å². The van der Waals surface area contributed by atoms with Gasteiger partial charge in [-0.2, -0.15) is 0 Å². The first-order valence-corrected chi connectivity index (χ1v) is 7.77. The number of pyridine rings is 1. The monoisotopic (exact) mass is 307 g/mol. The van der Waals surface area contributed by atoms with Crippen molar-refractivity contribution in [1.29, 1.82) is 0 Å². The highest BCUT2D eigenvalue weighted by Crippen LogP contribution is 2.51. The number of rotatable bonds is 2. The van der Waals surface area contributed by atoms with E-state index in [1.807, 2.05) is 19.2 Å². The Bertz CT molecular complexity index is 801. The van der Waals surface area contributed by atoms with Gasteiger partial charge in [0.2, 0.25) is 0 Å². The Morgan fingerprint density at radius 1 is 1.39 bits per heavy atom. The molecular weight excluding hydrogens is 290 g/mol. The van der Waals surface area contributed by atoms with Crippen molar-refractivity contribution in [2.45, 2.75) is 25.3 Å². The summed E-state index contributed by atoms with van der Waals surface area (Å²) >= 11 is 0. The number of nitrogens with one attached hydrogen (secondary N) is 1. The number of nitro groups is 1. The van der Waals surface area contributed by atoms with Gasteiger partial charge in [0.15, 0.2) is 0 Å². The topological polar surface area (TPSA) is 68.1 Å². The van der Waals surface area contributed by atoms with Gasteiger partial charge in [0.25, 0.3) is 5.69 Å². The van der Waals surface area contributed by atoms with Crippen LogP contribution in [0, 0.1) is 23.0 Å². The predicted molar refractivity (Wildman–Crippen MR) is 88.4 cm³/mol. The Morgan fingerprint density at radius 3 is 3.00 bits per heavy atom. The molecule has 0 fully saturated rings. The molecule has 0 saturated heterocycles. The molecule has 1 aromatic carbocycles. The first-order chi connectivity index (χ1) is 11.1. The smallest absolute Gasteiger partial charge is 0.270 e. The lowest BCUT2D eigenvalue weighted by molar-refractivity contribution is -0.385. The number of nitro benzene ring substituents is 1. The Morgan fingerprint density at radius 2 is 2.26 bits per heavy atom. The predicted octanol–water partition coefficient (Wildman–Crippen LogP) is 4.12. The molecule has 0 saturated carbocycles. The minimum atomic E-state index is -0.311. The molecule has 5 nitrogen and oxygen atoms in total. The first kappa shape index (κ1) is 13.9. The van der Waals surface area contributed by atoms with Crippen LogP contribution in [0.5, 0.6) is 0 Å². The van der Waals surface area contributed by atoms with Gasteiger partial charge < -0.3 is 5.32 Å². The molecule has 2 aromatic rings. The van der Waals surface area contributed by atoms with Crippen molar-refractivity contribution in [2.75, 3.05) is 5.32 Å². The highest BCUT2D eigenvalue weighted by Gasteiger charge is 2.39. The van der Waals surface area contributed by atoms with Gasteiger partial charge in [-0.1, -0.05) is 18.2 Å². The van der Waals surface area contributed by atoms with Gasteiger partial charge in [-0.15, -0.1) is 0 Å². The van der Waals surface area contributed by atoms with Gasteiger partial charge in [-0.3, -0.25) is 15.1 Å². The summed E-state index contributed by atoms with van der Waals surface area (Å²) in [5.74, 6) is 0.586. The lowest BCUT2D eigenvalue weighted by Crippen LogP contribution is -2.29. The Kier molecular flexibility index (Phi) is 3.15. The maximum atomic E-state index is 11.2. The number of non-ortho nitro benzene ring substituents is 1. The summed E-state index contributed by atoms with van der Waals surface area (Å²) in [6, 6.07) is 7.59. The van der Waals surface area contributed by atoms with Crippen LogP contribution in [0.4, 0.5) is 11.4 Å². The molecule has 0 unspecified atom stereocenters. The SMILES string of the molecule is Cc1cc([N+](=O)[O-])cc2c1N[C@H](c1cccnc1)[C@@H]1CC=C[C@H]21. The van der Waals surface area contributed by atoms with E-state index in [2.05, 4.69) is 28.5 Å². The summed E-state index contributed by atoms with van der Waals surface area (Å²) in [6.07, 6.45) is 9.02. The maximum Gasteiger partial charge on any atom is 0.270 e. The second-order valence-corrected chi connectivity index (χ2v) is 6.25. The molecule has 0 radical (unpaired) electrons. The molecule has 0 bridgehead atoms. The summed E-state index contributed by atoms with van der Waals surface area (Å²) in [5, 5.41) is 14.8. The number of nitrogens with zero attached hydrogens (tertiary/aromatic N) is 2.